The van der Waals surface area contributed by atoms with Gasteiger partial charge >= 0.3 is 11.7 Å². The van der Waals surface area contributed by atoms with Crippen molar-refractivity contribution in [1.29, 1.82) is 0 Å². The molecule has 2 aliphatic rings. The van der Waals surface area contributed by atoms with Gasteiger partial charge in [-0.3, -0.25) is 4.90 Å². The lowest BCUT2D eigenvalue weighted by atomic mass is 9.74. The minimum absolute atomic E-state index is 0.0940. The second-order valence-corrected chi connectivity index (χ2v) is 12.2. The van der Waals surface area contributed by atoms with Crippen molar-refractivity contribution in [2.45, 2.75) is 57.0 Å². The summed E-state index contributed by atoms with van der Waals surface area (Å²) in [5.74, 6) is 0.0825. The molecule has 7 nitrogen and oxygen atoms in total. The lowest BCUT2D eigenvalue weighted by Crippen LogP contribution is -2.59. The first-order valence-electron chi connectivity index (χ1n) is 15.4. The molecule has 2 saturated heterocycles. The van der Waals surface area contributed by atoms with E-state index in [2.05, 4.69) is 4.90 Å². The summed E-state index contributed by atoms with van der Waals surface area (Å²) >= 11 is 0. The van der Waals surface area contributed by atoms with E-state index in [-0.39, 0.29) is 19.0 Å². The van der Waals surface area contributed by atoms with E-state index < -0.39 is 23.1 Å². The van der Waals surface area contributed by atoms with Crippen molar-refractivity contribution >= 4 is 28.0 Å². The SMILES string of the molecule is Cc1cc(=O)oc2c1ccc1oc(CC3(c4ccccc4F)CC(N4CCCCC4)CCN3C(=O)O)c(-c3ccccc3)c12. The molecule has 226 valence electrons. The molecule has 4 heterocycles. The molecule has 44 heavy (non-hydrogen) atoms. The van der Waals surface area contributed by atoms with E-state index in [1.165, 1.54) is 23.5 Å². The van der Waals surface area contributed by atoms with Crippen LogP contribution in [0.5, 0.6) is 0 Å². The average Bonchev–Trinajstić information content (AvgIpc) is 3.40. The summed E-state index contributed by atoms with van der Waals surface area (Å²) in [6, 6.07) is 21.5. The maximum absolute atomic E-state index is 15.9. The number of carbonyl (C=O) groups is 1. The Balaban J connectivity index is 1.49. The smallest absolute Gasteiger partial charge is 0.408 e. The fourth-order valence-corrected chi connectivity index (χ4v) is 7.64. The van der Waals surface area contributed by atoms with Crippen molar-refractivity contribution in [2.24, 2.45) is 0 Å². The van der Waals surface area contributed by atoms with Crippen molar-refractivity contribution in [2.75, 3.05) is 19.6 Å². The number of likely N-dealkylation sites (tertiary alicyclic amines) is 2. The second-order valence-electron chi connectivity index (χ2n) is 12.2. The minimum Gasteiger partial charge on any atom is -0.465 e. The number of carboxylic acid groups (broad SMARTS) is 1. The summed E-state index contributed by atoms with van der Waals surface area (Å²) < 4.78 is 28.4. The molecule has 0 radical (unpaired) electrons. The van der Waals surface area contributed by atoms with Gasteiger partial charge in [0.25, 0.3) is 0 Å². The number of hydrogen-bond acceptors (Lipinski definition) is 5. The van der Waals surface area contributed by atoms with Crippen molar-refractivity contribution < 1.29 is 23.1 Å². The van der Waals surface area contributed by atoms with Crippen LogP contribution in [0.2, 0.25) is 0 Å². The van der Waals surface area contributed by atoms with Gasteiger partial charge < -0.3 is 18.8 Å². The van der Waals surface area contributed by atoms with Crippen molar-refractivity contribution in [3.05, 3.63) is 106 Å². The summed E-state index contributed by atoms with van der Waals surface area (Å²) in [5, 5.41) is 12.1. The Labute approximate surface area is 254 Å². The third kappa shape index (κ3) is 4.78. The second kappa shape index (κ2) is 11.2. The van der Waals surface area contributed by atoms with Crippen molar-refractivity contribution in [3.8, 4) is 11.1 Å². The van der Waals surface area contributed by atoms with Crippen LogP contribution in [0.4, 0.5) is 9.18 Å². The number of fused-ring (bicyclic) bond motifs is 3. The molecule has 0 bridgehead atoms. The molecule has 2 atom stereocenters. The fraction of sp³-hybridized carbons (Fsp3) is 0.333. The van der Waals surface area contributed by atoms with Gasteiger partial charge in [0, 0.05) is 41.6 Å². The van der Waals surface area contributed by atoms with Crippen LogP contribution in [0.3, 0.4) is 0 Å². The Morgan fingerprint density at radius 1 is 0.977 bits per heavy atom. The van der Waals surface area contributed by atoms with E-state index in [1.54, 1.807) is 18.2 Å². The van der Waals surface area contributed by atoms with Gasteiger partial charge in [-0.25, -0.2) is 14.0 Å². The molecule has 1 amide bonds. The maximum Gasteiger partial charge on any atom is 0.408 e. The number of nitrogens with zero attached hydrogens (tertiary/aromatic N) is 2. The molecular weight excluding hydrogens is 559 g/mol. The Morgan fingerprint density at radius 3 is 2.48 bits per heavy atom. The van der Waals surface area contributed by atoms with E-state index in [4.69, 9.17) is 8.83 Å². The van der Waals surface area contributed by atoms with Crippen LogP contribution < -0.4 is 5.63 Å². The van der Waals surface area contributed by atoms with Crippen LogP contribution in [-0.2, 0) is 12.0 Å². The first-order valence-corrected chi connectivity index (χ1v) is 15.4. The van der Waals surface area contributed by atoms with Gasteiger partial charge in [-0.1, -0.05) is 55.0 Å². The summed E-state index contributed by atoms with van der Waals surface area (Å²) in [4.78, 5) is 29.5. The van der Waals surface area contributed by atoms with Gasteiger partial charge in [0.2, 0.25) is 0 Å². The first-order chi connectivity index (χ1) is 21.4. The van der Waals surface area contributed by atoms with Gasteiger partial charge in [0.05, 0.1) is 10.9 Å². The van der Waals surface area contributed by atoms with Gasteiger partial charge in [-0.2, -0.15) is 0 Å². The third-order valence-corrected chi connectivity index (χ3v) is 9.65. The van der Waals surface area contributed by atoms with Gasteiger partial charge in [0.15, 0.2) is 0 Å². The van der Waals surface area contributed by atoms with E-state index in [9.17, 15) is 14.7 Å². The number of aryl methyl sites for hydroxylation is 1. The largest absolute Gasteiger partial charge is 0.465 e. The first kappa shape index (κ1) is 28.3. The molecule has 7 rings (SSSR count). The predicted octanol–water partition coefficient (Wildman–Crippen LogP) is 7.72. The number of furan rings is 1. The lowest BCUT2D eigenvalue weighted by Gasteiger charge is -2.51. The summed E-state index contributed by atoms with van der Waals surface area (Å²) in [6.07, 6.45) is 3.53. The Morgan fingerprint density at radius 2 is 1.73 bits per heavy atom. The maximum atomic E-state index is 15.9. The van der Waals surface area contributed by atoms with Crippen LogP contribution in [0.25, 0.3) is 33.1 Å². The van der Waals surface area contributed by atoms with E-state index >= 15 is 4.39 Å². The predicted molar refractivity (Wildman–Crippen MR) is 167 cm³/mol. The van der Waals surface area contributed by atoms with E-state index in [0.717, 1.165) is 48.0 Å². The fourth-order valence-electron chi connectivity index (χ4n) is 7.64. The highest BCUT2D eigenvalue weighted by molar-refractivity contribution is 6.11. The molecule has 3 aromatic carbocycles. The zero-order valence-corrected chi connectivity index (χ0v) is 24.7. The molecule has 2 aromatic heterocycles. The van der Waals surface area contributed by atoms with Crippen LogP contribution >= 0.6 is 0 Å². The van der Waals surface area contributed by atoms with E-state index in [0.29, 0.717) is 40.7 Å². The number of piperidine rings is 2. The Bertz CT molecular complexity index is 1910. The van der Waals surface area contributed by atoms with Gasteiger partial charge in [-0.05, 0) is 75.0 Å². The molecule has 5 aromatic rings. The lowest BCUT2D eigenvalue weighted by molar-refractivity contribution is -0.00610. The molecule has 8 heteroatoms. The highest BCUT2D eigenvalue weighted by atomic mass is 19.1. The average molecular weight is 595 g/mol. The monoisotopic (exact) mass is 594 g/mol. The number of benzene rings is 3. The number of amides is 1. The molecule has 0 spiro atoms. The zero-order chi connectivity index (χ0) is 30.4. The Kier molecular flexibility index (Phi) is 7.25. The quantitative estimate of drug-likeness (QED) is 0.210. The van der Waals surface area contributed by atoms with Gasteiger partial charge in [0.1, 0.15) is 22.7 Å². The van der Waals surface area contributed by atoms with Crippen molar-refractivity contribution in [1.82, 2.24) is 9.80 Å². The zero-order valence-electron chi connectivity index (χ0n) is 24.7. The minimum atomic E-state index is -1.23. The van der Waals surface area contributed by atoms with Crippen LogP contribution in [0.15, 0.2) is 86.4 Å². The molecule has 0 aliphatic carbocycles. The molecule has 2 unspecified atom stereocenters. The van der Waals surface area contributed by atoms with Crippen molar-refractivity contribution in [3.63, 3.8) is 0 Å². The van der Waals surface area contributed by atoms with Crippen LogP contribution in [-0.4, -0.2) is 46.7 Å². The normalized spacial score (nSPS) is 21.2. The molecule has 2 fully saturated rings. The summed E-state index contributed by atoms with van der Waals surface area (Å²) in [7, 11) is 0. The number of hydrogen-bond donors (Lipinski definition) is 1. The van der Waals surface area contributed by atoms with Gasteiger partial charge in [-0.15, -0.1) is 0 Å². The highest BCUT2D eigenvalue weighted by Crippen LogP contribution is 2.47. The van der Waals surface area contributed by atoms with E-state index in [1.807, 2.05) is 49.4 Å². The molecule has 0 saturated carbocycles. The number of rotatable bonds is 5. The van der Waals surface area contributed by atoms with Crippen LogP contribution in [0, 0.1) is 12.7 Å². The topological polar surface area (TPSA) is 87.1 Å². The highest BCUT2D eigenvalue weighted by Gasteiger charge is 2.50. The molecule has 1 N–H and O–H groups in total. The third-order valence-electron chi connectivity index (χ3n) is 9.65. The standard InChI is InChI=1S/C36H35FN2O5/c1-23-20-31(40)44-34-26(23)14-15-29-33(34)32(24-10-4-2-5-11-24)30(43-29)22-36(27-12-6-7-13-28(27)37)21-25(16-19-39(36)35(41)42)38-17-8-3-9-18-38/h2,4-7,10-15,20,25H,3,8-9,16-19,21-22H2,1H3,(H,41,42). The Hall–Kier alpha value is -4.43. The molecular formula is C36H35FN2O5. The van der Waals surface area contributed by atoms with Crippen LogP contribution in [0.1, 0.15) is 49.0 Å². The number of halogens is 1. The molecule has 2 aliphatic heterocycles. The summed E-state index contributed by atoms with van der Waals surface area (Å²) in [5.41, 5.74) is 1.95. The summed E-state index contributed by atoms with van der Waals surface area (Å²) in [6.45, 7) is 4.06.